The maximum Gasteiger partial charge on any atom is 0.481 e. The predicted octanol–water partition coefficient (Wildman–Crippen LogP) is 3.06. The van der Waals surface area contributed by atoms with Gasteiger partial charge in [0.05, 0.1) is 24.2 Å². The summed E-state index contributed by atoms with van der Waals surface area (Å²) in [6.45, 7) is 8.83. The van der Waals surface area contributed by atoms with Crippen molar-refractivity contribution >= 4 is 30.8 Å². The molecule has 2 aromatic rings. The lowest BCUT2D eigenvalue weighted by Gasteiger charge is -2.64. The molecule has 14 heteroatoms. The van der Waals surface area contributed by atoms with E-state index in [2.05, 4.69) is 36.4 Å². The van der Waals surface area contributed by atoms with Crippen molar-refractivity contribution in [2.24, 2.45) is 17.3 Å². The van der Waals surface area contributed by atoms with Crippen LogP contribution in [0.5, 0.6) is 0 Å². The Balaban J connectivity index is 1.18. The number of imidazole rings is 1. The molecule has 0 spiro atoms. The molecular weight excluding hydrogens is 603 g/mol. The van der Waals surface area contributed by atoms with Crippen molar-refractivity contribution in [1.29, 1.82) is 0 Å². The highest BCUT2D eigenvalue weighted by atomic mass is 16.7. The predicted molar refractivity (Wildman–Crippen MR) is 173 cm³/mol. The number of aromatic nitrogens is 2. The molecule has 3 aliphatic carbocycles. The van der Waals surface area contributed by atoms with E-state index >= 15 is 0 Å². The zero-order valence-corrected chi connectivity index (χ0v) is 27.6. The van der Waals surface area contributed by atoms with Gasteiger partial charge < -0.3 is 35.0 Å². The van der Waals surface area contributed by atoms with Crippen LogP contribution in [0.25, 0.3) is 0 Å². The molecule has 2 bridgehead atoms. The fourth-order valence-corrected chi connectivity index (χ4v) is 8.55. The number of rotatable bonds is 12. The second-order valence-electron chi connectivity index (χ2n) is 14.4. The first-order valence-corrected chi connectivity index (χ1v) is 16.8. The maximum atomic E-state index is 14.0. The van der Waals surface area contributed by atoms with E-state index in [-0.39, 0.29) is 35.2 Å². The summed E-state index contributed by atoms with van der Waals surface area (Å²) >= 11 is 0. The molecule has 3 amide bonds. The number of carbonyl (C=O) groups is 3. The van der Waals surface area contributed by atoms with Crippen LogP contribution >= 0.6 is 0 Å². The van der Waals surface area contributed by atoms with E-state index in [1.54, 1.807) is 11.1 Å². The number of nitrogens with one attached hydrogen (secondary N) is 2. The molecule has 13 nitrogen and oxygen atoms in total. The van der Waals surface area contributed by atoms with Gasteiger partial charge >= 0.3 is 13.1 Å². The molecule has 252 valence electrons. The SMILES string of the molecule is CC(=O)N[C@H](Cc1ccccc1)C(=O)N1CCC[C@H]1C(=O)N[C@@H](CCCn1ccnc1[N+](=O)[O-])B1O[C@@H]2CC3CC(C3(C)C)[C@]2(C)O1. The lowest BCUT2D eigenvalue weighted by atomic mass is 9.43. The third-order valence-corrected chi connectivity index (χ3v) is 11.2. The highest BCUT2D eigenvalue weighted by Crippen LogP contribution is 2.65. The Kier molecular flexibility index (Phi) is 9.18. The van der Waals surface area contributed by atoms with Crippen LogP contribution in [0.15, 0.2) is 42.7 Å². The van der Waals surface area contributed by atoms with E-state index < -0.39 is 35.7 Å². The molecule has 47 heavy (non-hydrogen) atoms. The van der Waals surface area contributed by atoms with Crippen LogP contribution in [0.3, 0.4) is 0 Å². The van der Waals surface area contributed by atoms with Gasteiger partial charge in [-0.1, -0.05) is 49.2 Å². The van der Waals surface area contributed by atoms with Gasteiger partial charge in [0.2, 0.25) is 17.7 Å². The molecule has 5 fully saturated rings. The minimum atomic E-state index is -0.801. The number of nitrogens with zero attached hydrogens (tertiary/aromatic N) is 4. The Morgan fingerprint density at radius 3 is 2.64 bits per heavy atom. The van der Waals surface area contributed by atoms with Gasteiger partial charge in [-0.3, -0.25) is 14.4 Å². The van der Waals surface area contributed by atoms with Crippen molar-refractivity contribution in [3.63, 3.8) is 0 Å². The number of hydrogen-bond donors (Lipinski definition) is 2. The monoisotopic (exact) mass is 648 g/mol. The largest absolute Gasteiger partial charge is 0.481 e. The van der Waals surface area contributed by atoms with Crippen molar-refractivity contribution in [2.75, 3.05) is 6.54 Å². The second kappa shape index (κ2) is 13.0. The van der Waals surface area contributed by atoms with E-state index in [1.807, 2.05) is 30.3 Å². The minimum absolute atomic E-state index is 0.0839. The lowest BCUT2D eigenvalue weighted by molar-refractivity contribution is -0.396. The smallest absolute Gasteiger partial charge is 0.404 e. The number of likely N-dealkylation sites (tertiary alicyclic amines) is 1. The number of carbonyl (C=O) groups excluding carboxylic acids is 3. The van der Waals surface area contributed by atoms with Gasteiger partial charge in [0.15, 0.2) is 0 Å². The highest BCUT2D eigenvalue weighted by molar-refractivity contribution is 6.47. The first kappa shape index (κ1) is 33.1. The Morgan fingerprint density at radius 2 is 1.94 bits per heavy atom. The molecule has 5 aliphatic rings. The Labute approximate surface area is 275 Å². The molecule has 2 saturated heterocycles. The van der Waals surface area contributed by atoms with Crippen LogP contribution in [0.1, 0.15) is 71.8 Å². The quantitative estimate of drug-likeness (QED) is 0.202. The van der Waals surface area contributed by atoms with Gasteiger partial charge in [0.25, 0.3) is 0 Å². The molecule has 2 N–H and O–H groups in total. The van der Waals surface area contributed by atoms with Crippen LogP contribution in [0.4, 0.5) is 5.95 Å². The average molecular weight is 649 g/mol. The summed E-state index contributed by atoms with van der Waals surface area (Å²) in [5.74, 6) is -0.777. The number of nitro groups is 1. The number of hydrogen-bond acceptors (Lipinski definition) is 8. The summed E-state index contributed by atoms with van der Waals surface area (Å²) in [5, 5.41) is 17.4. The molecule has 7 rings (SSSR count). The van der Waals surface area contributed by atoms with Crippen molar-refractivity contribution in [1.82, 2.24) is 25.1 Å². The summed E-state index contributed by atoms with van der Waals surface area (Å²) in [6, 6.07) is 7.96. The third-order valence-electron chi connectivity index (χ3n) is 11.2. The van der Waals surface area contributed by atoms with Gasteiger partial charge in [-0.05, 0) is 73.2 Å². The van der Waals surface area contributed by atoms with E-state index in [0.29, 0.717) is 57.0 Å². The normalized spacial score (nSPS) is 28.6. The van der Waals surface area contributed by atoms with E-state index in [9.17, 15) is 24.5 Å². The van der Waals surface area contributed by atoms with Crippen molar-refractivity contribution in [2.45, 2.75) is 109 Å². The summed E-state index contributed by atoms with van der Waals surface area (Å²) in [7, 11) is -0.697. The first-order valence-electron chi connectivity index (χ1n) is 16.8. The lowest BCUT2D eigenvalue weighted by Crippen LogP contribution is -2.65. The average Bonchev–Trinajstić information content (AvgIpc) is 3.78. The summed E-state index contributed by atoms with van der Waals surface area (Å²) in [4.78, 5) is 56.3. The van der Waals surface area contributed by atoms with Crippen molar-refractivity contribution < 1.29 is 28.6 Å². The molecule has 7 atom stereocenters. The Morgan fingerprint density at radius 1 is 1.17 bits per heavy atom. The number of benzene rings is 1. The van der Waals surface area contributed by atoms with Gasteiger partial charge in [0.1, 0.15) is 24.5 Å². The molecule has 0 radical (unpaired) electrons. The second-order valence-corrected chi connectivity index (χ2v) is 14.4. The summed E-state index contributed by atoms with van der Waals surface area (Å²) < 4.78 is 14.8. The summed E-state index contributed by atoms with van der Waals surface area (Å²) in [5.41, 5.74) is 0.579. The maximum absolute atomic E-state index is 14.0. The van der Waals surface area contributed by atoms with Gasteiger partial charge in [-0.25, -0.2) is 4.57 Å². The van der Waals surface area contributed by atoms with Crippen LogP contribution in [-0.2, 0) is 36.7 Å². The van der Waals surface area contributed by atoms with Crippen LogP contribution < -0.4 is 10.6 Å². The number of amides is 3. The molecule has 3 saturated carbocycles. The highest BCUT2D eigenvalue weighted by Gasteiger charge is 2.68. The fraction of sp³-hybridized carbons (Fsp3) is 0.636. The fourth-order valence-electron chi connectivity index (χ4n) is 8.55. The zero-order valence-electron chi connectivity index (χ0n) is 27.6. The van der Waals surface area contributed by atoms with Crippen LogP contribution in [-0.4, -0.2) is 80.5 Å². The zero-order chi connectivity index (χ0) is 33.5. The van der Waals surface area contributed by atoms with Crippen molar-refractivity contribution in [3.8, 4) is 0 Å². The molecule has 1 aromatic heterocycles. The van der Waals surface area contributed by atoms with E-state index in [4.69, 9.17) is 9.31 Å². The molecule has 1 aromatic carbocycles. The standard InChI is InChI=1S/C33H45BN6O7/c1-21(41)36-24(18-22-10-6-5-7-11-22)30(43)39-16-8-12-25(39)29(42)37-28(13-9-15-38-17-14-35-31(38)40(44)45)34-46-27-20-23-19-26(32(23,2)3)33(27,4)47-34/h5-7,10-11,14,17,23-28H,8-9,12-13,15-16,18-20H2,1-4H3,(H,36,41)(H,37,42)/t23?,24-,25+,26?,27-,28+,33+/m1/s1. The molecule has 3 heterocycles. The summed E-state index contributed by atoms with van der Waals surface area (Å²) in [6.07, 6.45) is 7.28. The van der Waals surface area contributed by atoms with E-state index in [0.717, 1.165) is 18.4 Å². The third kappa shape index (κ3) is 6.41. The molecular formula is C33H45BN6O7. The topological polar surface area (TPSA) is 158 Å². The Hall–Kier alpha value is -3.78. The van der Waals surface area contributed by atoms with Gasteiger partial charge in [-0.15, -0.1) is 0 Å². The molecule has 2 unspecified atom stereocenters. The minimum Gasteiger partial charge on any atom is -0.404 e. The van der Waals surface area contributed by atoms with Crippen LogP contribution in [0, 0.1) is 27.4 Å². The van der Waals surface area contributed by atoms with Crippen molar-refractivity contribution in [3.05, 3.63) is 58.4 Å². The van der Waals surface area contributed by atoms with E-state index in [1.165, 1.54) is 17.7 Å². The molecule has 2 aliphatic heterocycles. The van der Waals surface area contributed by atoms with Gasteiger partial charge in [0, 0.05) is 19.9 Å². The van der Waals surface area contributed by atoms with Gasteiger partial charge in [-0.2, -0.15) is 0 Å². The first-order chi connectivity index (χ1) is 22.4. The number of aryl methyl sites for hydroxylation is 1. The Bertz CT molecular complexity index is 1500. The van der Waals surface area contributed by atoms with Crippen LogP contribution in [0.2, 0.25) is 0 Å².